The van der Waals surface area contributed by atoms with Gasteiger partial charge in [0.1, 0.15) is 5.75 Å². The predicted octanol–water partition coefficient (Wildman–Crippen LogP) is 4.23. The number of alkyl halides is 3. The second-order valence-electron chi connectivity index (χ2n) is 7.52. The van der Waals surface area contributed by atoms with Gasteiger partial charge < -0.3 is 20.1 Å². The first-order chi connectivity index (χ1) is 14.9. The Morgan fingerprint density at radius 3 is 2.48 bits per heavy atom. The van der Waals surface area contributed by atoms with Gasteiger partial charge in [-0.15, -0.1) is 10.2 Å². The van der Waals surface area contributed by atoms with Crippen LogP contribution in [0.3, 0.4) is 0 Å². The van der Waals surface area contributed by atoms with Crippen molar-refractivity contribution in [1.29, 1.82) is 0 Å². The van der Waals surface area contributed by atoms with Crippen LogP contribution in [0.25, 0.3) is 10.8 Å². The summed E-state index contributed by atoms with van der Waals surface area (Å²) in [5, 5.41) is 23.3. The van der Waals surface area contributed by atoms with Gasteiger partial charge in [-0.1, -0.05) is 30.3 Å². The van der Waals surface area contributed by atoms with Crippen LogP contribution in [0.1, 0.15) is 24.0 Å². The average molecular weight is 432 g/mol. The van der Waals surface area contributed by atoms with Crippen molar-refractivity contribution in [3.05, 3.63) is 53.6 Å². The zero-order chi connectivity index (χ0) is 22.0. The summed E-state index contributed by atoms with van der Waals surface area (Å²) in [4.78, 5) is 2.10. The van der Waals surface area contributed by atoms with E-state index in [1.165, 1.54) is 13.2 Å². The van der Waals surface area contributed by atoms with Crippen LogP contribution >= 0.6 is 0 Å². The summed E-state index contributed by atoms with van der Waals surface area (Å²) in [6.07, 6.45) is -3.44. The van der Waals surface area contributed by atoms with E-state index in [4.69, 9.17) is 4.74 Å². The summed E-state index contributed by atoms with van der Waals surface area (Å²) in [5.41, 5.74) is -0.360. The molecular formula is C22H23F3N4O2. The lowest BCUT2D eigenvalue weighted by atomic mass is 10.1. The predicted molar refractivity (Wildman–Crippen MR) is 112 cm³/mol. The third-order valence-corrected chi connectivity index (χ3v) is 5.46. The van der Waals surface area contributed by atoms with Crippen molar-refractivity contribution in [3.63, 3.8) is 0 Å². The van der Waals surface area contributed by atoms with Gasteiger partial charge in [0, 0.05) is 30.4 Å². The molecule has 164 valence electrons. The number of benzene rings is 2. The van der Waals surface area contributed by atoms with Gasteiger partial charge in [0.2, 0.25) is 0 Å². The summed E-state index contributed by atoms with van der Waals surface area (Å²) in [5.74, 6) is 1.04. The molecule has 2 aromatic carbocycles. The fraction of sp³-hybridized carbons (Fsp3) is 0.364. The minimum Gasteiger partial charge on any atom is -0.496 e. The Morgan fingerprint density at radius 1 is 1.10 bits per heavy atom. The summed E-state index contributed by atoms with van der Waals surface area (Å²) < 4.78 is 44.7. The lowest BCUT2D eigenvalue weighted by Gasteiger charge is -2.31. The maximum Gasteiger partial charge on any atom is 0.419 e. The summed E-state index contributed by atoms with van der Waals surface area (Å²) in [6, 6.07) is 11.6. The number of nitrogens with zero attached hydrogens (tertiary/aromatic N) is 3. The molecule has 1 aliphatic rings. The molecule has 4 rings (SSSR count). The Morgan fingerprint density at radius 2 is 1.81 bits per heavy atom. The molecule has 1 saturated heterocycles. The zero-order valence-corrected chi connectivity index (χ0v) is 17.0. The summed E-state index contributed by atoms with van der Waals surface area (Å²) in [7, 11) is 1.22. The highest BCUT2D eigenvalue weighted by atomic mass is 19.4. The molecule has 1 aromatic heterocycles. The number of aliphatic hydroxyl groups excluding tert-OH is 1. The molecule has 0 spiro atoms. The molecule has 9 heteroatoms. The molecule has 0 unspecified atom stereocenters. The smallest absolute Gasteiger partial charge is 0.419 e. The van der Waals surface area contributed by atoms with Crippen molar-refractivity contribution in [2.75, 3.05) is 30.4 Å². The Labute approximate surface area is 177 Å². The Hall–Kier alpha value is -3.07. The molecular weight excluding hydrogens is 409 g/mol. The molecule has 6 nitrogen and oxygen atoms in total. The van der Waals surface area contributed by atoms with Crippen molar-refractivity contribution in [3.8, 4) is 5.75 Å². The van der Waals surface area contributed by atoms with Gasteiger partial charge in [-0.2, -0.15) is 13.2 Å². The van der Waals surface area contributed by atoms with Gasteiger partial charge in [-0.3, -0.25) is 0 Å². The SMILES string of the molecule is COc1ccc(CNc2nnc(N3CCC(O)CC3)c3ccccc23)cc1C(F)(F)F. The van der Waals surface area contributed by atoms with E-state index in [0.29, 0.717) is 37.3 Å². The van der Waals surface area contributed by atoms with Gasteiger partial charge in [0.25, 0.3) is 0 Å². The molecule has 1 fully saturated rings. The number of methoxy groups -OCH3 is 1. The number of hydrogen-bond acceptors (Lipinski definition) is 6. The van der Waals surface area contributed by atoms with E-state index < -0.39 is 11.7 Å². The van der Waals surface area contributed by atoms with Gasteiger partial charge in [0.05, 0.1) is 18.8 Å². The Balaban J connectivity index is 1.59. The quantitative estimate of drug-likeness (QED) is 0.629. The van der Waals surface area contributed by atoms with E-state index in [0.717, 1.165) is 22.7 Å². The lowest BCUT2D eigenvalue weighted by Crippen LogP contribution is -2.36. The third-order valence-electron chi connectivity index (χ3n) is 5.46. The number of aromatic nitrogens is 2. The second-order valence-corrected chi connectivity index (χ2v) is 7.52. The maximum atomic E-state index is 13.3. The number of aliphatic hydroxyl groups is 1. The minimum absolute atomic E-state index is 0.154. The van der Waals surface area contributed by atoms with Crippen molar-refractivity contribution in [1.82, 2.24) is 10.2 Å². The number of piperidine rings is 1. The van der Waals surface area contributed by atoms with E-state index in [9.17, 15) is 18.3 Å². The largest absolute Gasteiger partial charge is 0.496 e. The molecule has 0 radical (unpaired) electrons. The van der Waals surface area contributed by atoms with Crippen LogP contribution in [0.5, 0.6) is 5.75 Å². The number of hydrogen-bond donors (Lipinski definition) is 2. The molecule has 2 heterocycles. The fourth-order valence-corrected chi connectivity index (χ4v) is 3.80. The highest BCUT2D eigenvalue weighted by Crippen LogP contribution is 2.37. The normalized spacial score (nSPS) is 15.3. The highest BCUT2D eigenvalue weighted by Gasteiger charge is 2.34. The Bertz CT molecular complexity index is 1070. The third kappa shape index (κ3) is 4.51. The van der Waals surface area contributed by atoms with Crippen LogP contribution in [-0.2, 0) is 12.7 Å². The van der Waals surface area contributed by atoms with Crippen LogP contribution in [-0.4, -0.2) is 41.6 Å². The van der Waals surface area contributed by atoms with E-state index in [1.807, 2.05) is 24.3 Å². The van der Waals surface area contributed by atoms with E-state index in [2.05, 4.69) is 20.4 Å². The van der Waals surface area contributed by atoms with Crippen molar-refractivity contribution in [2.24, 2.45) is 0 Å². The fourth-order valence-electron chi connectivity index (χ4n) is 3.80. The van der Waals surface area contributed by atoms with E-state index >= 15 is 0 Å². The molecule has 0 bridgehead atoms. The average Bonchev–Trinajstić information content (AvgIpc) is 2.77. The number of ether oxygens (including phenoxy) is 1. The van der Waals surface area contributed by atoms with E-state index in [1.54, 1.807) is 6.07 Å². The molecule has 0 amide bonds. The van der Waals surface area contributed by atoms with E-state index in [-0.39, 0.29) is 18.4 Å². The topological polar surface area (TPSA) is 70.5 Å². The Kier molecular flexibility index (Phi) is 5.86. The van der Waals surface area contributed by atoms with Crippen LogP contribution in [0.2, 0.25) is 0 Å². The van der Waals surface area contributed by atoms with Gasteiger partial charge in [-0.25, -0.2) is 0 Å². The number of fused-ring (bicyclic) bond motifs is 1. The van der Waals surface area contributed by atoms with Crippen molar-refractivity contribution >= 4 is 22.4 Å². The molecule has 0 aliphatic carbocycles. The van der Waals surface area contributed by atoms with Crippen molar-refractivity contribution in [2.45, 2.75) is 31.7 Å². The van der Waals surface area contributed by atoms with Gasteiger partial charge in [0.15, 0.2) is 11.6 Å². The van der Waals surface area contributed by atoms with Crippen LogP contribution in [0.4, 0.5) is 24.8 Å². The lowest BCUT2D eigenvalue weighted by molar-refractivity contribution is -0.138. The van der Waals surface area contributed by atoms with Gasteiger partial charge in [-0.05, 0) is 30.5 Å². The first-order valence-electron chi connectivity index (χ1n) is 10.0. The number of rotatable bonds is 5. The summed E-state index contributed by atoms with van der Waals surface area (Å²) in [6.45, 7) is 1.54. The van der Waals surface area contributed by atoms with Crippen LogP contribution in [0.15, 0.2) is 42.5 Å². The molecule has 0 saturated carbocycles. The maximum absolute atomic E-state index is 13.3. The van der Waals surface area contributed by atoms with Crippen LogP contribution < -0.4 is 15.0 Å². The molecule has 0 atom stereocenters. The number of anilines is 2. The molecule has 3 aromatic rings. The molecule has 2 N–H and O–H groups in total. The standard InChI is InChI=1S/C22H23F3N4O2/c1-31-19-7-6-14(12-18(19)22(23,24)25)13-26-20-16-4-2-3-5-17(16)21(28-27-20)29-10-8-15(30)9-11-29/h2-7,12,15,30H,8-11,13H2,1H3,(H,26,27). The number of halogens is 3. The second kappa shape index (κ2) is 8.58. The first-order valence-corrected chi connectivity index (χ1v) is 10.0. The summed E-state index contributed by atoms with van der Waals surface area (Å²) >= 11 is 0. The zero-order valence-electron chi connectivity index (χ0n) is 17.0. The first kappa shape index (κ1) is 21.2. The highest BCUT2D eigenvalue weighted by molar-refractivity contribution is 5.98. The van der Waals surface area contributed by atoms with Gasteiger partial charge >= 0.3 is 6.18 Å². The minimum atomic E-state index is -4.50. The monoisotopic (exact) mass is 432 g/mol. The number of nitrogens with one attached hydrogen (secondary N) is 1. The molecule has 1 aliphatic heterocycles. The van der Waals surface area contributed by atoms with Crippen molar-refractivity contribution < 1.29 is 23.0 Å². The molecule has 31 heavy (non-hydrogen) atoms. The van der Waals surface area contributed by atoms with Crippen LogP contribution in [0, 0.1) is 0 Å².